The molecule has 0 unspecified atom stereocenters. The van der Waals surface area contributed by atoms with Crippen LogP contribution in [-0.2, 0) is 17.9 Å². The van der Waals surface area contributed by atoms with Crippen molar-refractivity contribution in [1.29, 1.82) is 0 Å². The quantitative estimate of drug-likeness (QED) is 0.731. The first-order valence-electron chi connectivity index (χ1n) is 8.08. The monoisotopic (exact) mass is 336 g/mol. The number of aryl methyl sites for hydroxylation is 2. The fourth-order valence-electron chi connectivity index (χ4n) is 2.74. The topological polar surface area (TPSA) is 68.1 Å². The molecule has 0 saturated carbocycles. The molecule has 0 atom stereocenters. The van der Waals surface area contributed by atoms with Gasteiger partial charge in [0.2, 0.25) is 5.91 Å². The molecule has 1 amide bonds. The summed E-state index contributed by atoms with van der Waals surface area (Å²) in [6, 6.07) is 13.1. The van der Waals surface area contributed by atoms with Gasteiger partial charge in [0.15, 0.2) is 0 Å². The predicted octanol–water partition coefficient (Wildman–Crippen LogP) is 2.07. The van der Waals surface area contributed by atoms with Crippen molar-refractivity contribution < 1.29 is 4.79 Å². The van der Waals surface area contributed by atoms with Gasteiger partial charge >= 0.3 is 0 Å². The highest BCUT2D eigenvalue weighted by molar-refractivity contribution is 5.78. The first-order valence-corrected chi connectivity index (χ1v) is 8.08. The van der Waals surface area contributed by atoms with E-state index >= 15 is 0 Å². The third kappa shape index (κ3) is 3.57. The van der Waals surface area contributed by atoms with Crippen LogP contribution in [0.4, 0.5) is 0 Å². The lowest BCUT2D eigenvalue weighted by Gasteiger charge is -2.19. The van der Waals surface area contributed by atoms with E-state index in [1.807, 2.05) is 26.0 Å². The first kappa shape index (κ1) is 16.8. The Balaban J connectivity index is 1.77. The molecule has 25 heavy (non-hydrogen) atoms. The van der Waals surface area contributed by atoms with E-state index in [2.05, 4.69) is 16.4 Å². The molecule has 0 bridgehead atoms. The van der Waals surface area contributed by atoms with Gasteiger partial charge in [-0.3, -0.25) is 9.59 Å². The molecule has 6 heteroatoms. The Kier molecular flexibility index (Phi) is 4.61. The molecule has 0 radical (unpaired) electrons. The van der Waals surface area contributed by atoms with Crippen LogP contribution in [0.25, 0.3) is 10.9 Å². The fourth-order valence-corrected chi connectivity index (χ4v) is 2.74. The van der Waals surface area contributed by atoms with E-state index in [-0.39, 0.29) is 18.0 Å². The van der Waals surface area contributed by atoms with Gasteiger partial charge in [-0.25, -0.2) is 4.68 Å². The summed E-state index contributed by atoms with van der Waals surface area (Å²) in [5, 5.41) is 8.34. The number of nitrogens with zero attached hydrogens (tertiary/aromatic N) is 4. The maximum Gasteiger partial charge on any atom is 0.278 e. The number of amides is 1. The molecule has 3 aromatic rings. The zero-order valence-corrected chi connectivity index (χ0v) is 14.6. The number of hydrogen-bond acceptors (Lipinski definition) is 4. The van der Waals surface area contributed by atoms with E-state index < -0.39 is 0 Å². The van der Waals surface area contributed by atoms with Gasteiger partial charge in [0.25, 0.3) is 5.56 Å². The van der Waals surface area contributed by atoms with Crippen LogP contribution in [0.3, 0.4) is 0 Å². The summed E-state index contributed by atoms with van der Waals surface area (Å²) in [5.74, 6) is -0.188. The molecule has 0 N–H and O–H groups in total. The van der Waals surface area contributed by atoms with Gasteiger partial charge in [-0.05, 0) is 37.1 Å². The maximum atomic E-state index is 12.5. The summed E-state index contributed by atoms with van der Waals surface area (Å²) >= 11 is 0. The molecule has 0 saturated heterocycles. The Bertz CT molecular complexity index is 994. The zero-order chi connectivity index (χ0) is 18.0. The first-order chi connectivity index (χ1) is 12.0. The minimum atomic E-state index is -0.307. The van der Waals surface area contributed by atoms with Crippen molar-refractivity contribution in [3.63, 3.8) is 0 Å². The number of aromatic nitrogens is 3. The van der Waals surface area contributed by atoms with Gasteiger partial charge in [0.1, 0.15) is 12.1 Å². The van der Waals surface area contributed by atoms with Gasteiger partial charge in [0.05, 0.1) is 5.39 Å². The van der Waals surface area contributed by atoms with Crippen molar-refractivity contribution in [3.8, 4) is 0 Å². The van der Waals surface area contributed by atoms with E-state index in [4.69, 9.17) is 0 Å². The Labute approximate surface area is 145 Å². The Morgan fingerprint density at radius 2 is 1.92 bits per heavy atom. The largest absolute Gasteiger partial charge is 0.340 e. The van der Waals surface area contributed by atoms with Crippen molar-refractivity contribution in [2.45, 2.75) is 26.9 Å². The zero-order valence-electron chi connectivity index (χ0n) is 14.6. The molecule has 0 fully saturated rings. The van der Waals surface area contributed by atoms with E-state index in [1.54, 1.807) is 36.2 Å². The predicted molar refractivity (Wildman–Crippen MR) is 96.2 cm³/mol. The van der Waals surface area contributed by atoms with E-state index in [9.17, 15) is 9.59 Å². The lowest BCUT2D eigenvalue weighted by molar-refractivity contribution is -0.131. The second-order valence-corrected chi connectivity index (χ2v) is 6.25. The molecular weight excluding hydrogens is 316 g/mol. The summed E-state index contributed by atoms with van der Waals surface area (Å²) in [6.45, 7) is 4.43. The number of benzene rings is 2. The SMILES string of the molecule is Cc1ccc(CN(C)C(=O)Cn2nnc3ccccc3c2=O)c(C)c1. The highest BCUT2D eigenvalue weighted by Gasteiger charge is 2.14. The second-order valence-electron chi connectivity index (χ2n) is 6.25. The minimum absolute atomic E-state index is 0.127. The number of fused-ring (bicyclic) bond motifs is 1. The Hall–Kier alpha value is -3.02. The van der Waals surface area contributed by atoms with Crippen LogP contribution in [-0.4, -0.2) is 32.8 Å². The molecule has 3 rings (SSSR count). The van der Waals surface area contributed by atoms with Crippen molar-refractivity contribution in [3.05, 3.63) is 69.5 Å². The molecule has 2 aromatic carbocycles. The van der Waals surface area contributed by atoms with Crippen molar-refractivity contribution in [2.24, 2.45) is 0 Å². The van der Waals surface area contributed by atoms with Crippen LogP contribution in [0, 0.1) is 13.8 Å². The highest BCUT2D eigenvalue weighted by atomic mass is 16.2. The van der Waals surface area contributed by atoms with E-state index in [0.717, 1.165) is 15.8 Å². The van der Waals surface area contributed by atoms with E-state index in [1.165, 1.54) is 5.56 Å². The molecule has 128 valence electrons. The van der Waals surface area contributed by atoms with Gasteiger partial charge in [0, 0.05) is 13.6 Å². The number of carbonyl (C=O) groups excluding carboxylic acids is 1. The average molecular weight is 336 g/mol. The normalized spacial score (nSPS) is 10.8. The maximum absolute atomic E-state index is 12.5. The van der Waals surface area contributed by atoms with Crippen LogP contribution in [0.2, 0.25) is 0 Å². The molecule has 1 aromatic heterocycles. The highest BCUT2D eigenvalue weighted by Crippen LogP contribution is 2.12. The molecule has 0 aliphatic rings. The van der Waals surface area contributed by atoms with Gasteiger partial charge in [-0.15, -0.1) is 5.10 Å². The smallest absolute Gasteiger partial charge is 0.278 e. The summed E-state index contributed by atoms with van der Waals surface area (Å²) in [6.07, 6.45) is 0. The van der Waals surface area contributed by atoms with Crippen molar-refractivity contribution >= 4 is 16.8 Å². The van der Waals surface area contributed by atoms with Crippen LogP contribution in [0.5, 0.6) is 0 Å². The van der Waals surface area contributed by atoms with Gasteiger partial charge < -0.3 is 4.90 Å². The van der Waals surface area contributed by atoms with Crippen LogP contribution in [0.15, 0.2) is 47.3 Å². The van der Waals surface area contributed by atoms with Crippen LogP contribution >= 0.6 is 0 Å². The number of hydrogen-bond donors (Lipinski definition) is 0. The van der Waals surface area contributed by atoms with Gasteiger partial charge in [-0.2, -0.15) is 0 Å². The molecule has 6 nitrogen and oxygen atoms in total. The third-order valence-corrected chi connectivity index (χ3v) is 4.25. The summed E-state index contributed by atoms with van der Waals surface area (Å²) < 4.78 is 1.11. The third-order valence-electron chi connectivity index (χ3n) is 4.25. The molecule has 0 aliphatic heterocycles. The molecular formula is C19H20N4O2. The lowest BCUT2D eigenvalue weighted by Crippen LogP contribution is -2.35. The average Bonchev–Trinajstić information content (AvgIpc) is 2.60. The Morgan fingerprint density at radius 1 is 1.16 bits per heavy atom. The number of rotatable bonds is 4. The molecule has 0 spiro atoms. The van der Waals surface area contributed by atoms with Crippen LogP contribution in [0.1, 0.15) is 16.7 Å². The fraction of sp³-hybridized carbons (Fsp3) is 0.263. The Morgan fingerprint density at radius 3 is 2.68 bits per heavy atom. The standard InChI is InChI=1S/C19H20N4O2/c1-13-8-9-15(14(2)10-13)11-22(3)18(24)12-23-19(25)16-6-4-5-7-17(16)20-21-23/h4-10H,11-12H2,1-3H3. The summed E-state index contributed by atoms with van der Waals surface area (Å²) in [5.41, 5.74) is 3.63. The summed E-state index contributed by atoms with van der Waals surface area (Å²) in [4.78, 5) is 26.5. The van der Waals surface area contributed by atoms with Crippen molar-refractivity contribution in [1.82, 2.24) is 19.9 Å². The molecule has 1 heterocycles. The minimum Gasteiger partial charge on any atom is -0.340 e. The summed E-state index contributed by atoms with van der Waals surface area (Å²) in [7, 11) is 1.72. The van der Waals surface area contributed by atoms with Crippen LogP contribution < -0.4 is 5.56 Å². The van der Waals surface area contributed by atoms with Crippen molar-refractivity contribution in [2.75, 3.05) is 7.05 Å². The second kappa shape index (κ2) is 6.84. The lowest BCUT2D eigenvalue weighted by atomic mass is 10.1. The molecule has 0 aliphatic carbocycles. The number of carbonyl (C=O) groups is 1. The van der Waals surface area contributed by atoms with Gasteiger partial charge in [-0.1, -0.05) is 41.1 Å². The number of likely N-dealkylation sites (N-methyl/N-ethyl adjacent to an activating group) is 1. The van der Waals surface area contributed by atoms with E-state index in [0.29, 0.717) is 17.4 Å².